The fourth-order valence-corrected chi connectivity index (χ4v) is 4.27. The van der Waals surface area contributed by atoms with Gasteiger partial charge in [0.1, 0.15) is 5.75 Å². The number of rotatable bonds is 7. The van der Waals surface area contributed by atoms with Gasteiger partial charge in [0.2, 0.25) is 0 Å². The molecule has 0 fully saturated rings. The van der Waals surface area contributed by atoms with Crippen molar-refractivity contribution in [1.29, 1.82) is 0 Å². The van der Waals surface area contributed by atoms with Crippen molar-refractivity contribution in [2.75, 3.05) is 23.8 Å². The van der Waals surface area contributed by atoms with Gasteiger partial charge in [0.05, 0.1) is 17.7 Å². The zero-order valence-electron chi connectivity index (χ0n) is 17.1. The van der Waals surface area contributed by atoms with E-state index in [9.17, 15) is 13.2 Å². The molecule has 0 bridgehead atoms. The average molecular weight is 425 g/mol. The van der Waals surface area contributed by atoms with E-state index in [0.29, 0.717) is 17.1 Å². The molecule has 0 atom stereocenters. The van der Waals surface area contributed by atoms with Crippen molar-refractivity contribution in [2.24, 2.45) is 0 Å². The fourth-order valence-electron chi connectivity index (χ4n) is 3.03. The van der Waals surface area contributed by atoms with Crippen molar-refractivity contribution >= 4 is 27.3 Å². The second kappa shape index (κ2) is 9.00. The Labute approximate surface area is 177 Å². The summed E-state index contributed by atoms with van der Waals surface area (Å²) in [4.78, 5) is 12.8. The van der Waals surface area contributed by atoms with E-state index in [4.69, 9.17) is 4.74 Å². The number of nitrogens with zero attached hydrogens (tertiary/aromatic N) is 1. The van der Waals surface area contributed by atoms with E-state index >= 15 is 0 Å². The van der Waals surface area contributed by atoms with Gasteiger partial charge < -0.3 is 10.1 Å². The van der Waals surface area contributed by atoms with Crippen LogP contribution in [-0.4, -0.2) is 28.5 Å². The van der Waals surface area contributed by atoms with Crippen LogP contribution in [0.4, 0.5) is 11.4 Å². The van der Waals surface area contributed by atoms with Gasteiger partial charge in [0, 0.05) is 18.3 Å². The van der Waals surface area contributed by atoms with Crippen LogP contribution in [0.2, 0.25) is 0 Å². The Balaban J connectivity index is 1.86. The number of sulfonamides is 1. The Morgan fingerprint density at radius 1 is 1.00 bits per heavy atom. The lowest BCUT2D eigenvalue weighted by Crippen LogP contribution is -2.26. The summed E-state index contributed by atoms with van der Waals surface area (Å²) in [5.41, 5.74) is 2.48. The predicted molar refractivity (Wildman–Crippen MR) is 119 cm³/mol. The summed E-state index contributed by atoms with van der Waals surface area (Å²) in [6, 6.07) is 20.3. The minimum Gasteiger partial charge on any atom is -0.497 e. The van der Waals surface area contributed by atoms with Crippen LogP contribution in [-0.2, 0) is 16.4 Å². The SMILES string of the molecule is CCc1ccccc1NC(=O)c1cccc(S(=O)(=O)N(C)c2ccc(OC)cc2)c1. The smallest absolute Gasteiger partial charge is 0.264 e. The Morgan fingerprint density at radius 3 is 2.37 bits per heavy atom. The molecule has 0 aliphatic rings. The highest BCUT2D eigenvalue weighted by Gasteiger charge is 2.22. The first kappa shape index (κ1) is 21.4. The average Bonchev–Trinajstić information content (AvgIpc) is 2.79. The third kappa shape index (κ3) is 4.46. The molecule has 0 saturated carbocycles. The number of nitrogens with one attached hydrogen (secondary N) is 1. The van der Waals surface area contributed by atoms with Crippen LogP contribution in [0.1, 0.15) is 22.8 Å². The molecular formula is C23H24N2O4S. The van der Waals surface area contributed by atoms with Crippen LogP contribution in [0.5, 0.6) is 5.75 Å². The maximum Gasteiger partial charge on any atom is 0.264 e. The molecule has 30 heavy (non-hydrogen) atoms. The molecular weight excluding hydrogens is 400 g/mol. The maximum absolute atomic E-state index is 13.1. The largest absolute Gasteiger partial charge is 0.497 e. The first-order valence-corrected chi connectivity index (χ1v) is 10.9. The van der Waals surface area contributed by atoms with Crippen molar-refractivity contribution < 1.29 is 17.9 Å². The molecule has 3 aromatic rings. The van der Waals surface area contributed by atoms with Gasteiger partial charge >= 0.3 is 0 Å². The molecule has 0 unspecified atom stereocenters. The molecule has 0 aliphatic heterocycles. The lowest BCUT2D eigenvalue weighted by atomic mass is 10.1. The van der Waals surface area contributed by atoms with Gasteiger partial charge in [-0.25, -0.2) is 8.42 Å². The molecule has 0 spiro atoms. The first-order chi connectivity index (χ1) is 14.4. The number of anilines is 2. The van der Waals surface area contributed by atoms with Gasteiger partial charge in [-0.3, -0.25) is 9.10 Å². The molecule has 0 radical (unpaired) electrons. The summed E-state index contributed by atoms with van der Waals surface area (Å²) >= 11 is 0. The number of hydrogen-bond acceptors (Lipinski definition) is 4. The van der Waals surface area contributed by atoms with Gasteiger partial charge in [-0.2, -0.15) is 0 Å². The van der Waals surface area contributed by atoms with Gasteiger partial charge in [0.25, 0.3) is 15.9 Å². The second-order valence-electron chi connectivity index (χ2n) is 6.66. The summed E-state index contributed by atoms with van der Waals surface area (Å²) in [6.07, 6.45) is 0.775. The standard InChI is InChI=1S/C23H24N2O4S/c1-4-17-8-5-6-11-22(17)24-23(26)18-9-7-10-21(16-18)30(27,28)25(2)19-12-14-20(29-3)15-13-19/h5-16H,4H2,1-3H3,(H,24,26). The third-order valence-corrected chi connectivity index (χ3v) is 6.62. The molecule has 156 valence electrons. The first-order valence-electron chi connectivity index (χ1n) is 9.49. The lowest BCUT2D eigenvalue weighted by Gasteiger charge is -2.20. The van der Waals surface area contributed by atoms with E-state index in [2.05, 4.69) is 5.32 Å². The number of aryl methyl sites for hydroxylation is 1. The number of carbonyl (C=O) groups excluding carboxylic acids is 1. The summed E-state index contributed by atoms with van der Waals surface area (Å²) in [5, 5.41) is 2.87. The number of amides is 1. The maximum atomic E-state index is 13.1. The van der Waals surface area contributed by atoms with Gasteiger partial charge in [-0.1, -0.05) is 31.2 Å². The highest BCUT2D eigenvalue weighted by Crippen LogP contribution is 2.25. The van der Waals surface area contributed by atoms with Gasteiger partial charge in [0.15, 0.2) is 0 Å². The normalized spacial score (nSPS) is 11.0. The Kier molecular flexibility index (Phi) is 6.42. The molecule has 1 N–H and O–H groups in total. The number of benzene rings is 3. The van der Waals surface area contributed by atoms with Crippen molar-refractivity contribution in [3.8, 4) is 5.75 Å². The molecule has 0 aromatic heterocycles. The molecule has 3 rings (SSSR count). The van der Waals surface area contributed by atoms with Crippen molar-refractivity contribution in [1.82, 2.24) is 0 Å². The lowest BCUT2D eigenvalue weighted by molar-refractivity contribution is 0.102. The van der Waals surface area contributed by atoms with Crippen LogP contribution >= 0.6 is 0 Å². The minimum absolute atomic E-state index is 0.0391. The van der Waals surface area contributed by atoms with Crippen LogP contribution in [0.25, 0.3) is 0 Å². The van der Waals surface area contributed by atoms with Gasteiger partial charge in [-0.15, -0.1) is 0 Å². The van der Waals surface area contributed by atoms with E-state index in [0.717, 1.165) is 12.0 Å². The topological polar surface area (TPSA) is 75.7 Å². The van der Waals surface area contributed by atoms with E-state index in [1.54, 1.807) is 43.5 Å². The van der Waals surface area contributed by atoms with Crippen LogP contribution in [0, 0.1) is 0 Å². The molecule has 0 heterocycles. The summed E-state index contributed by atoms with van der Waals surface area (Å²) in [6.45, 7) is 2.01. The number of para-hydroxylation sites is 1. The molecule has 7 heteroatoms. The molecule has 0 aliphatic carbocycles. The van der Waals surface area contributed by atoms with Crippen LogP contribution in [0.3, 0.4) is 0 Å². The number of hydrogen-bond donors (Lipinski definition) is 1. The Morgan fingerprint density at radius 2 is 1.70 bits per heavy atom. The summed E-state index contributed by atoms with van der Waals surface area (Å²) in [5.74, 6) is 0.274. The summed E-state index contributed by atoms with van der Waals surface area (Å²) in [7, 11) is -0.821. The van der Waals surface area contributed by atoms with Crippen molar-refractivity contribution in [3.05, 3.63) is 83.9 Å². The van der Waals surface area contributed by atoms with Gasteiger partial charge in [-0.05, 0) is 60.5 Å². The number of methoxy groups -OCH3 is 1. The van der Waals surface area contributed by atoms with Crippen molar-refractivity contribution in [2.45, 2.75) is 18.2 Å². The molecule has 3 aromatic carbocycles. The molecule has 1 amide bonds. The predicted octanol–water partition coefficient (Wildman–Crippen LogP) is 4.34. The zero-order valence-corrected chi connectivity index (χ0v) is 17.9. The molecule has 6 nitrogen and oxygen atoms in total. The van der Waals surface area contributed by atoms with Crippen molar-refractivity contribution in [3.63, 3.8) is 0 Å². The molecule has 0 saturated heterocycles. The highest BCUT2D eigenvalue weighted by atomic mass is 32.2. The summed E-state index contributed by atoms with van der Waals surface area (Å²) < 4.78 is 32.5. The number of carbonyl (C=O) groups is 1. The highest BCUT2D eigenvalue weighted by molar-refractivity contribution is 7.92. The van der Waals surface area contributed by atoms with E-state index in [1.165, 1.54) is 23.5 Å². The Hall–Kier alpha value is -3.32. The second-order valence-corrected chi connectivity index (χ2v) is 8.63. The van der Waals surface area contributed by atoms with Crippen LogP contribution in [0.15, 0.2) is 77.7 Å². The Bertz CT molecular complexity index is 1140. The third-order valence-electron chi connectivity index (χ3n) is 4.84. The monoisotopic (exact) mass is 424 g/mol. The fraction of sp³-hybridized carbons (Fsp3) is 0.174. The number of ether oxygens (including phenoxy) is 1. The van der Waals surface area contributed by atoms with E-state index in [1.807, 2.05) is 31.2 Å². The van der Waals surface area contributed by atoms with E-state index < -0.39 is 10.0 Å². The van der Waals surface area contributed by atoms with E-state index in [-0.39, 0.29) is 16.4 Å². The zero-order chi connectivity index (χ0) is 21.7. The minimum atomic E-state index is -3.84. The quantitative estimate of drug-likeness (QED) is 0.612. The van der Waals surface area contributed by atoms with Crippen LogP contribution < -0.4 is 14.4 Å².